The Hall–Kier alpha value is -0.570. The monoisotopic (exact) mass is 239 g/mol. The summed E-state index contributed by atoms with van der Waals surface area (Å²) in [7, 11) is 0. The van der Waals surface area contributed by atoms with Crippen molar-refractivity contribution in [3.05, 3.63) is 12.7 Å². The van der Waals surface area contributed by atoms with Gasteiger partial charge in [0.15, 0.2) is 0 Å². The van der Waals surface area contributed by atoms with Gasteiger partial charge in [0, 0.05) is 0 Å². The number of nitrogens with zero attached hydrogens (tertiary/aromatic N) is 1. The van der Waals surface area contributed by atoms with Crippen LogP contribution in [-0.2, 0) is 7.86 Å². The van der Waals surface area contributed by atoms with Gasteiger partial charge in [0.25, 0.3) is 0 Å². The van der Waals surface area contributed by atoms with Gasteiger partial charge >= 0.3 is 61.0 Å². The number of hydrogen-bond acceptors (Lipinski definition) is 3. The molecule has 0 aliphatic rings. The summed E-state index contributed by atoms with van der Waals surface area (Å²) in [4.78, 5) is 12.0. The van der Waals surface area contributed by atoms with E-state index in [4.69, 9.17) is 5.26 Å². The predicted octanol–water partition coefficient (Wildman–Crippen LogP) is 1.25. The molecule has 4 heteroatoms. The molecule has 0 heterocycles. The molecule has 9 heavy (non-hydrogen) atoms. The molecule has 0 saturated heterocycles. The standard InChI is InChI=1S/C5H6INO2/c1-3-5(8)9-6(2)4-7/h3H,1H2,2H3. The Morgan fingerprint density at radius 2 is 2.56 bits per heavy atom. The molecule has 50 valence electrons. The van der Waals surface area contributed by atoms with Crippen LogP contribution in [0.2, 0.25) is 0 Å². The van der Waals surface area contributed by atoms with E-state index in [1.54, 1.807) is 4.93 Å². The van der Waals surface area contributed by atoms with Crippen LogP contribution in [0.5, 0.6) is 0 Å². The zero-order valence-electron chi connectivity index (χ0n) is 4.93. The molecular formula is C5H6INO2. The maximum atomic E-state index is 10.3. The van der Waals surface area contributed by atoms with Gasteiger partial charge in [0.1, 0.15) is 0 Å². The molecular weight excluding hydrogens is 233 g/mol. The van der Waals surface area contributed by atoms with Crippen LogP contribution in [0.15, 0.2) is 12.7 Å². The minimum atomic E-state index is -2.02. The average molecular weight is 239 g/mol. The van der Waals surface area contributed by atoms with Gasteiger partial charge in [-0.2, -0.15) is 0 Å². The van der Waals surface area contributed by atoms with E-state index in [1.165, 1.54) is 0 Å². The van der Waals surface area contributed by atoms with Crippen molar-refractivity contribution in [3.8, 4) is 4.08 Å². The normalized spacial score (nSPS) is 9.11. The van der Waals surface area contributed by atoms with Crippen LogP contribution in [-0.4, -0.2) is 10.9 Å². The first-order chi connectivity index (χ1) is 4.20. The number of hydrogen-bond donors (Lipinski definition) is 0. The second-order valence-corrected chi connectivity index (χ2v) is 4.43. The molecule has 0 N–H and O–H groups in total. The van der Waals surface area contributed by atoms with E-state index in [0.717, 1.165) is 6.08 Å². The van der Waals surface area contributed by atoms with Gasteiger partial charge in [-0.05, 0) is 0 Å². The first kappa shape index (κ1) is 8.43. The van der Waals surface area contributed by atoms with Crippen LogP contribution in [0.3, 0.4) is 0 Å². The van der Waals surface area contributed by atoms with Crippen molar-refractivity contribution in [2.45, 2.75) is 0 Å². The third kappa shape index (κ3) is 3.97. The molecule has 0 amide bonds. The molecule has 0 saturated carbocycles. The van der Waals surface area contributed by atoms with E-state index in [9.17, 15) is 4.79 Å². The van der Waals surface area contributed by atoms with Gasteiger partial charge < -0.3 is 0 Å². The molecule has 0 fully saturated rings. The molecule has 0 aromatic heterocycles. The molecule has 0 atom stereocenters. The minimum absolute atomic E-state index is 0.496. The van der Waals surface area contributed by atoms with E-state index in [1.807, 2.05) is 4.08 Å². The summed E-state index contributed by atoms with van der Waals surface area (Å²) in [6.07, 6.45) is 1.06. The Morgan fingerprint density at radius 3 is 2.89 bits per heavy atom. The third-order valence-electron chi connectivity index (χ3n) is 0.477. The number of rotatable bonds is 2. The summed E-state index contributed by atoms with van der Waals surface area (Å²) in [5, 5.41) is 8.19. The van der Waals surface area contributed by atoms with E-state index in [2.05, 4.69) is 9.65 Å². The number of carbonyl (C=O) groups is 1. The summed E-state index contributed by atoms with van der Waals surface area (Å²) in [6, 6.07) is 0. The van der Waals surface area contributed by atoms with Crippen molar-refractivity contribution < 1.29 is 7.86 Å². The van der Waals surface area contributed by atoms with Crippen molar-refractivity contribution in [3.63, 3.8) is 0 Å². The zero-order chi connectivity index (χ0) is 7.28. The van der Waals surface area contributed by atoms with Crippen molar-refractivity contribution in [2.75, 3.05) is 4.93 Å². The quantitative estimate of drug-likeness (QED) is 0.414. The van der Waals surface area contributed by atoms with E-state index in [-0.39, 0.29) is 0 Å². The summed E-state index contributed by atoms with van der Waals surface area (Å²) in [5.74, 6) is -0.496. The van der Waals surface area contributed by atoms with Crippen LogP contribution in [0.4, 0.5) is 0 Å². The SMILES string of the molecule is C=CC(=O)OI(C)C#N. The predicted molar refractivity (Wildman–Crippen MR) is 41.8 cm³/mol. The first-order valence-electron chi connectivity index (χ1n) is 2.05. The van der Waals surface area contributed by atoms with Crippen molar-refractivity contribution in [2.24, 2.45) is 0 Å². The number of halogens is 1. The Bertz CT molecular complexity index is 161. The third-order valence-corrected chi connectivity index (χ3v) is 2.25. The van der Waals surface area contributed by atoms with Crippen molar-refractivity contribution >= 4 is 26.2 Å². The van der Waals surface area contributed by atoms with Crippen LogP contribution < -0.4 is 0 Å². The van der Waals surface area contributed by atoms with Crippen LogP contribution in [0.1, 0.15) is 0 Å². The number of nitriles is 1. The second-order valence-electron chi connectivity index (χ2n) is 1.11. The molecule has 0 spiro atoms. The van der Waals surface area contributed by atoms with Gasteiger partial charge in [0.2, 0.25) is 0 Å². The molecule has 0 unspecified atom stereocenters. The van der Waals surface area contributed by atoms with Gasteiger partial charge in [-0.1, -0.05) is 0 Å². The molecule has 0 bridgehead atoms. The van der Waals surface area contributed by atoms with Gasteiger partial charge in [-0.15, -0.1) is 0 Å². The molecule has 0 aromatic carbocycles. The Kier molecular flexibility index (Phi) is 4.05. The fourth-order valence-electron chi connectivity index (χ4n) is 0.163. The summed E-state index contributed by atoms with van der Waals surface area (Å²) >= 11 is -2.02. The zero-order valence-corrected chi connectivity index (χ0v) is 7.08. The molecule has 0 radical (unpaired) electrons. The van der Waals surface area contributed by atoms with Gasteiger partial charge in [0.05, 0.1) is 0 Å². The molecule has 0 aliphatic carbocycles. The van der Waals surface area contributed by atoms with Crippen LogP contribution in [0, 0.1) is 9.34 Å². The van der Waals surface area contributed by atoms with E-state index in [0.29, 0.717) is 0 Å². The molecule has 0 rings (SSSR count). The maximum absolute atomic E-state index is 10.3. The molecule has 0 aliphatic heterocycles. The average Bonchev–Trinajstić information content (AvgIpc) is 1.87. The first-order valence-corrected chi connectivity index (χ1v) is 6.17. The van der Waals surface area contributed by atoms with Crippen molar-refractivity contribution in [1.29, 1.82) is 5.26 Å². The van der Waals surface area contributed by atoms with Gasteiger partial charge in [-0.3, -0.25) is 0 Å². The van der Waals surface area contributed by atoms with Crippen LogP contribution >= 0.6 is 20.2 Å². The summed E-state index contributed by atoms with van der Waals surface area (Å²) in [6.45, 7) is 3.19. The summed E-state index contributed by atoms with van der Waals surface area (Å²) < 4.78 is 6.48. The second kappa shape index (κ2) is 4.32. The fourth-order valence-corrected chi connectivity index (χ4v) is 1.09. The van der Waals surface area contributed by atoms with E-state index >= 15 is 0 Å². The summed E-state index contributed by atoms with van der Waals surface area (Å²) in [5.41, 5.74) is 0. The Balaban J connectivity index is 3.62. The van der Waals surface area contributed by atoms with E-state index < -0.39 is 26.2 Å². The Morgan fingerprint density at radius 1 is 2.00 bits per heavy atom. The Labute approximate surface area is 61.2 Å². The van der Waals surface area contributed by atoms with Crippen molar-refractivity contribution in [1.82, 2.24) is 0 Å². The molecule has 3 nitrogen and oxygen atoms in total. The topological polar surface area (TPSA) is 50.1 Å². The molecule has 0 aromatic rings. The van der Waals surface area contributed by atoms with Gasteiger partial charge in [-0.25, -0.2) is 0 Å². The fraction of sp³-hybridized carbons (Fsp3) is 0.200. The number of alkyl halides is 1. The van der Waals surface area contributed by atoms with Crippen LogP contribution in [0.25, 0.3) is 0 Å². The number of carbonyl (C=O) groups excluding carboxylic acids is 1.